The lowest BCUT2D eigenvalue weighted by atomic mass is 10.0. The minimum Gasteiger partial charge on any atom is -0.476 e. The normalized spacial score (nSPS) is 10.8. The Bertz CT molecular complexity index is 454. The number of rotatable bonds is 8. The molecule has 0 aliphatic carbocycles. The van der Waals surface area contributed by atoms with Crippen molar-refractivity contribution in [2.75, 3.05) is 13.1 Å². The predicted molar refractivity (Wildman–Crippen MR) is 73.3 cm³/mol. The Labute approximate surface area is 118 Å². The van der Waals surface area contributed by atoms with E-state index in [4.69, 9.17) is 5.11 Å². The molecule has 0 fully saturated rings. The van der Waals surface area contributed by atoms with Crippen LogP contribution < -0.4 is 0 Å². The number of carboxylic acids is 1. The van der Waals surface area contributed by atoms with Crippen molar-refractivity contribution < 1.29 is 14.7 Å². The van der Waals surface area contributed by atoms with Crippen LogP contribution in [-0.2, 0) is 11.3 Å². The Morgan fingerprint density at radius 1 is 1.35 bits per heavy atom. The smallest absolute Gasteiger partial charge is 0.358 e. The van der Waals surface area contributed by atoms with Gasteiger partial charge in [0.1, 0.15) is 6.54 Å². The van der Waals surface area contributed by atoms with Crippen molar-refractivity contribution >= 4 is 11.9 Å². The van der Waals surface area contributed by atoms with Crippen LogP contribution in [-0.4, -0.2) is 50.0 Å². The van der Waals surface area contributed by atoms with E-state index < -0.39 is 5.97 Å². The molecule has 0 aromatic carbocycles. The molecule has 7 heteroatoms. The van der Waals surface area contributed by atoms with E-state index in [2.05, 4.69) is 24.2 Å². The lowest BCUT2D eigenvalue weighted by Crippen LogP contribution is -2.37. The number of carbonyl (C=O) groups is 2. The Kier molecular flexibility index (Phi) is 6.14. The molecular weight excluding hydrogens is 260 g/mol. The summed E-state index contributed by atoms with van der Waals surface area (Å²) < 4.78 is 1.27. The Hall–Kier alpha value is -1.92. The van der Waals surface area contributed by atoms with E-state index in [-0.39, 0.29) is 18.1 Å². The van der Waals surface area contributed by atoms with Gasteiger partial charge in [-0.1, -0.05) is 31.9 Å². The zero-order valence-electron chi connectivity index (χ0n) is 12.2. The van der Waals surface area contributed by atoms with Gasteiger partial charge in [0.05, 0.1) is 6.20 Å². The number of carboxylic acid groups (broad SMARTS) is 1. The van der Waals surface area contributed by atoms with E-state index in [1.165, 1.54) is 10.9 Å². The second-order valence-electron chi connectivity index (χ2n) is 4.72. The molecule has 0 unspecified atom stereocenters. The summed E-state index contributed by atoms with van der Waals surface area (Å²) in [6.07, 6.45) is 3.34. The van der Waals surface area contributed by atoms with Crippen LogP contribution in [0.15, 0.2) is 6.20 Å². The van der Waals surface area contributed by atoms with E-state index in [1.54, 1.807) is 4.90 Å². The molecule has 0 aliphatic rings. The molecule has 1 aromatic heterocycles. The van der Waals surface area contributed by atoms with Gasteiger partial charge in [0.25, 0.3) is 0 Å². The lowest BCUT2D eigenvalue weighted by Gasteiger charge is -2.25. The topological polar surface area (TPSA) is 88.3 Å². The van der Waals surface area contributed by atoms with Crippen LogP contribution in [0.2, 0.25) is 0 Å². The van der Waals surface area contributed by atoms with Crippen molar-refractivity contribution in [2.24, 2.45) is 5.92 Å². The minimum atomic E-state index is -1.15. The van der Waals surface area contributed by atoms with Gasteiger partial charge in [-0.3, -0.25) is 4.79 Å². The molecule has 0 spiro atoms. The number of nitrogens with zero attached hydrogens (tertiary/aromatic N) is 4. The van der Waals surface area contributed by atoms with Gasteiger partial charge in [0.15, 0.2) is 5.69 Å². The van der Waals surface area contributed by atoms with Crippen molar-refractivity contribution in [3.05, 3.63) is 11.9 Å². The fourth-order valence-electron chi connectivity index (χ4n) is 1.98. The zero-order valence-corrected chi connectivity index (χ0v) is 12.2. The summed E-state index contributed by atoms with van der Waals surface area (Å²) in [5.41, 5.74) is -0.152. The van der Waals surface area contributed by atoms with Crippen molar-refractivity contribution in [1.82, 2.24) is 19.9 Å². The second-order valence-corrected chi connectivity index (χ2v) is 4.72. The molecular formula is C13H22N4O3. The van der Waals surface area contributed by atoms with E-state index in [9.17, 15) is 9.59 Å². The molecule has 112 valence electrons. The van der Waals surface area contributed by atoms with Gasteiger partial charge < -0.3 is 10.0 Å². The largest absolute Gasteiger partial charge is 0.476 e. The highest BCUT2D eigenvalue weighted by Crippen LogP contribution is 2.10. The summed E-state index contributed by atoms with van der Waals surface area (Å²) in [6.45, 7) is 7.54. The predicted octanol–water partition coefficient (Wildman–Crippen LogP) is 1.26. The molecule has 0 radical (unpaired) electrons. The van der Waals surface area contributed by atoms with E-state index in [0.29, 0.717) is 12.5 Å². The SMILES string of the molecule is CCC(CC)CN(CC)C(=O)Cn1cc(C(=O)O)nn1. The summed E-state index contributed by atoms with van der Waals surface area (Å²) in [6, 6.07) is 0. The highest BCUT2D eigenvalue weighted by molar-refractivity contribution is 5.84. The fraction of sp³-hybridized carbons (Fsp3) is 0.692. The van der Waals surface area contributed by atoms with E-state index in [1.807, 2.05) is 6.92 Å². The molecule has 1 rings (SSSR count). The molecule has 20 heavy (non-hydrogen) atoms. The molecule has 0 aliphatic heterocycles. The molecule has 0 atom stereocenters. The van der Waals surface area contributed by atoms with Gasteiger partial charge in [0, 0.05) is 13.1 Å². The number of aromatic carboxylic acids is 1. The highest BCUT2D eigenvalue weighted by Gasteiger charge is 2.17. The van der Waals surface area contributed by atoms with Crippen LogP contribution in [0, 0.1) is 5.92 Å². The summed E-state index contributed by atoms with van der Waals surface area (Å²) in [5, 5.41) is 15.9. The summed E-state index contributed by atoms with van der Waals surface area (Å²) in [4.78, 5) is 24.7. The Balaban J connectivity index is 2.64. The summed E-state index contributed by atoms with van der Waals surface area (Å²) in [5.74, 6) is -0.724. The van der Waals surface area contributed by atoms with Gasteiger partial charge >= 0.3 is 5.97 Å². The third kappa shape index (κ3) is 4.32. The average molecular weight is 282 g/mol. The maximum atomic E-state index is 12.2. The molecule has 1 aromatic rings. The van der Waals surface area contributed by atoms with Gasteiger partial charge in [-0.05, 0) is 12.8 Å². The van der Waals surface area contributed by atoms with Crippen LogP contribution in [0.3, 0.4) is 0 Å². The van der Waals surface area contributed by atoms with Gasteiger partial charge in [-0.15, -0.1) is 5.10 Å². The second kappa shape index (κ2) is 7.62. The highest BCUT2D eigenvalue weighted by atomic mass is 16.4. The van der Waals surface area contributed by atoms with Crippen LogP contribution in [0.4, 0.5) is 0 Å². The Morgan fingerprint density at radius 2 is 2.00 bits per heavy atom. The van der Waals surface area contributed by atoms with Crippen molar-refractivity contribution in [1.29, 1.82) is 0 Å². The lowest BCUT2D eigenvalue weighted by molar-refractivity contribution is -0.132. The van der Waals surface area contributed by atoms with Crippen molar-refractivity contribution in [3.8, 4) is 0 Å². The number of amides is 1. The van der Waals surface area contributed by atoms with Crippen LogP contribution >= 0.6 is 0 Å². The van der Waals surface area contributed by atoms with Gasteiger partial charge in [-0.25, -0.2) is 9.48 Å². The first-order valence-electron chi connectivity index (χ1n) is 6.92. The molecule has 0 saturated heterocycles. The summed E-state index contributed by atoms with van der Waals surface area (Å²) >= 11 is 0. The first kappa shape index (κ1) is 16.1. The molecule has 0 saturated carbocycles. The Morgan fingerprint density at radius 3 is 2.45 bits per heavy atom. The number of aromatic nitrogens is 3. The molecule has 1 amide bonds. The quantitative estimate of drug-likeness (QED) is 0.775. The molecule has 7 nitrogen and oxygen atoms in total. The summed E-state index contributed by atoms with van der Waals surface area (Å²) in [7, 11) is 0. The molecule has 1 heterocycles. The number of hydrogen-bond acceptors (Lipinski definition) is 4. The maximum absolute atomic E-state index is 12.2. The number of hydrogen-bond donors (Lipinski definition) is 1. The fourth-order valence-corrected chi connectivity index (χ4v) is 1.98. The zero-order chi connectivity index (χ0) is 15.1. The number of likely N-dealkylation sites (N-methyl/N-ethyl adjacent to an activating group) is 1. The number of carbonyl (C=O) groups excluding carboxylic acids is 1. The van der Waals surface area contributed by atoms with Crippen molar-refractivity contribution in [2.45, 2.75) is 40.2 Å². The van der Waals surface area contributed by atoms with Crippen LogP contribution in [0.5, 0.6) is 0 Å². The van der Waals surface area contributed by atoms with Crippen LogP contribution in [0.1, 0.15) is 44.1 Å². The van der Waals surface area contributed by atoms with Gasteiger partial charge in [-0.2, -0.15) is 0 Å². The first-order chi connectivity index (χ1) is 9.51. The van der Waals surface area contributed by atoms with Crippen molar-refractivity contribution in [3.63, 3.8) is 0 Å². The third-order valence-electron chi connectivity index (χ3n) is 3.42. The monoisotopic (exact) mass is 282 g/mol. The minimum absolute atomic E-state index is 0.0221. The molecule has 1 N–H and O–H groups in total. The first-order valence-corrected chi connectivity index (χ1v) is 6.92. The van der Waals surface area contributed by atoms with E-state index in [0.717, 1.165) is 19.4 Å². The maximum Gasteiger partial charge on any atom is 0.358 e. The van der Waals surface area contributed by atoms with Crippen LogP contribution in [0.25, 0.3) is 0 Å². The molecule has 0 bridgehead atoms. The third-order valence-corrected chi connectivity index (χ3v) is 3.42. The van der Waals surface area contributed by atoms with Gasteiger partial charge in [0.2, 0.25) is 5.91 Å². The average Bonchev–Trinajstić information content (AvgIpc) is 2.89. The van der Waals surface area contributed by atoms with E-state index >= 15 is 0 Å². The standard InChI is InChI=1S/C13H22N4O3/c1-4-10(5-2)7-16(6-3)12(18)9-17-8-11(13(19)20)14-15-17/h8,10H,4-7,9H2,1-3H3,(H,19,20).